The molecule has 0 bridgehead atoms. The summed E-state index contributed by atoms with van der Waals surface area (Å²) in [5.41, 5.74) is 7.89. The first-order chi connectivity index (χ1) is 9.71. The molecule has 0 saturated carbocycles. The van der Waals surface area contributed by atoms with Crippen LogP contribution in [-0.4, -0.2) is 29.9 Å². The molecule has 0 spiro atoms. The van der Waals surface area contributed by atoms with Crippen LogP contribution in [0.25, 0.3) is 0 Å². The SMILES string of the molecule is CCSc1cccc(N2CCC(CC)C2)c1/C(N)=N/O. The maximum atomic E-state index is 9.08. The van der Waals surface area contributed by atoms with Gasteiger partial charge in [-0.3, -0.25) is 0 Å². The molecule has 1 aromatic rings. The lowest BCUT2D eigenvalue weighted by Gasteiger charge is -2.23. The number of hydrogen-bond donors (Lipinski definition) is 2. The topological polar surface area (TPSA) is 61.8 Å². The van der Waals surface area contributed by atoms with Crippen molar-refractivity contribution >= 4 is 23.3 Å². The van der Waals surface area contributed by atoms with Crippen molar-refractivity contribution in [2.45, 2.75) is 31.6 Å². The second kappa shape index (κ2) is 6.88. The molecule has 0 amide bonds. The lowest BCUT2D eigenvalue weighted by atomic mass is 10.1. The van der Waals surface area contributed by atoms with E-state index in [0.29, 0.717) is 0 Å². The van der Waals surface area contributed by atoms with E-state index >= 15 is 0 Å². The van der Waals surface area contributed by atoms with E-state index < -0.39 is 0 Å². The number of rotatable bonds is 5. The zero-order valence-electron chi connectivity index (χ0n) is 12.2. The van der Waals surface area contributed by atoms with Gasteiger partial charge >= 0.3 is 0 Å². The van der Waals surface area contributed by atoms with Crippen molar-refractivity contribution < 1.29 is 5.21 Å². The van der Waals surface area contributed by atoms with Crippen molar-refractivity contribution in [2.24, 2.45) is 16.8 Å². The monoisotopic (exact) mass is 293 g/mol. The Morgan fingerprint density at radius 1 is 1.50 bits per heavy atom. The van der Waals surface area contributed by atoms with Gasteiger partial charge in [0, 0.05) is 23.7 Å². The van der Waals surface area contributed by atoms with E-state index in [9.17, 15) is 0 Å². The fraction of sp³-hybridized carbons (Fsp3) is 0.533. The summed E-state index contributed by atoms with van der Waals surface area (Å²) in [7, 11) is 0. The summed E-state index contributed by atoms with van der Waals surface area (Å²) in [6.07, 6.45) is 2.43. The summed E-state index contributed by atoms with van der Waals surface area (Å²) in [6.45, 7) is 6.45. The zero-order chi connectivity index (χ0) is 14.5. The summed E-state index contributed by atoms with van der Waals surface area (Å²) in [5.74, 6) is 1.92. The normalized spacial score (nSPS) is 19.6. The van der Waals surface area contributed by atoms with Gasteiger partial charge in [-0.15, -0.1) is 11.8 Å². The molecule has 20 heavy (non-hydrogen) atoms. The molecule has 1 saturated heterocycles. The zero-order valence-corrected chi connectivity index (χ0v) is 13.0. The summed E-state index contributed by atoms with van der Waals surface area (Å²) < 4.78 is 0. The molecule has 1 aliphatic heterocycles. The average molecular weight is 293 g/mol. The molecule has 4 nitrogen and oxygen atoms in total. The number of thioether (sulfide) groups is 1. The van der Waals surface area contributed by atoms with Crippen LogP contribution in [0.1, 0.15) is 32.3 Å². The van der Waals surface area contributed by atoms with Gasteiger partial charge in [0.05, 0.1) is 5.56 Å². The van der Waals surface area contributed by atoms with Gasteiger partial charge in [0.2, 0.25) is 0 Å². The van der Waals surface area contributed by atoms with Crippen molar-refractivity contribution in [3.63, 3.8) is 0 Å². The van der Waals surface area contributed by atoms with Crippen LogP contribution in [0, 0.1) is 5.92 Å². The molecule has 1 atom stereocenters. The third kappa shape index (κ3) is 3.03. The first-order valence-electron chi connectivity index (χ1n) is 7.19. The molecule has 5 heteroatoms. The number of anilines is 1. The highest BCUT2D eigenvalue weighted by molar-refractivity contribution is 7.99. The Bertz CT molecular complexity index is 490. The minimum Gasteiger partial charge on any atom is -0.409 e. The van der Waals surface area contributed by atoms with Crippen molar-refractivity contribution in [3.05, 3.63) is 23.8 Å². The molecule has 0 aromatic heterocycles. The van der Waals surface area contributed by atoms with Crippen LogP contribution >= 0.6 is 11.8 Å². The van der Waals surface area contributed by atoms with Crippen LogP contribution in [0.4, 0.5) is 5.69 Å². The molecule has 0 aliphatic carbocycles. The highest BCUT2D eigenvalue weighted by atomic mass is 32.2. The predicted octanol–water partition coefficient (Wildman–Crippen LogP) is 3.13. The molecule has 0 radical (unpaired) electrons. The molecule has 1 unspecified atom stereocenters. The van der Waals surface area contributed by atoms with E-state index in [-0.39, 0.29) is 5.84 Å². The highest BCUT2D eigenvalue weighted by Gasteiger charge is 2.25. The number of nitrogens with zero attached hydrogens (tertiary/aromatic N) is 2. The summed E-state index contributed by atoms with van der Waals surface area (Å²) in [6, 6.07) is 6.17. The minimum absolute atomic E-state index is 0.205. The highest BCUT2D eigenvalue weighted by Crippen LogP contribution is 2.34. The maximum Gasteiger partial charge on any atom is 0.173 e. The smallest absolute Gasteiger partial charge is 0.173 e. The Balaban J connectivity index is 2.39. The maximum absolute atomic E-state index is 9.08. The molecule has 1 heterocycles. The van der Waals surface area contributed by atoms with Gasteiger partial charge in [0.1, 0.15) is 0 Å². The van der Waals surface area contributed by atoms with Crippen molar-refractivity contribution in [2.75, 3.05) is 23.7 Å². The van der Waals surface area contributed by atoms with Crippen LogP contribution < -0.4 is 10.6 Å². The number of amidine groups is 1. The quantitative estimate of drug-likeness (QED) is 0.288. The number of oxime groups is 1. The van der Waals surface area contributed by atoms with E-state index in [4.69, 9.17) is 10.9 Å². The second-order valence-electron chi connectivity index (χ2n) is 5.08. The first kappa shape index (κ1) is 15.0. The summed E-state index contributed by atoms with van der Waals surface area (Å²) >= 11 is 1.73. The van der Waals surface area contributed by atoms with Gasteiger partial charge in [-0.1, -0.05) is 31.5 Å². The molecule has 1 aromatic carbocycles. The Hall–Kier alpha value is -1.36. The summed E-state index contributed by atoms with van der Waals surface area (Å²) in [5, 5.41) is 12.3. The molecule has 110 valence electrons. The number of nitrogens with two attached hydrogens (primary N) is 1. The molecule has 1 aliphatic rings. The van der Waals surface area contributed by atoms with Gasteiger partial charge in [-0.2, -0.15) is 0 Å². The van der Waals surface area contributed by atoms with Crippen molar-refractivity contribution in [1.29, 1.82) is 0 Å². The number of hydrogen-bond acceptors (Lipinski definition) is 4. The van der Waals surface area contributed by atoms with E-state index in [1.807, 2.05) is 6.07 Å². The standard InChI is InChI=1S/C15H23N3OS/c1-3-11-8-9-18(10-11)12-6-5-7-13(20-4-2)14(12)15(16)17-19/h5-7,11,19H,3-4,8-10H2,1-2H3,(H2,16,17). The number of benzene rings is 1. The third-order valence-electron chi connectivity index (χ3n) is 3.87. The van der Waals surface area contributed by atoms with Crippen molar-refractivity contribution in [1.82, 2.24) is 0 Å². The fourth-order valence-electron chi connectivity index (χ4n) is 2.75. The Morgan fingerprint density at radius 3 is 2.90 bits per heavy atom. The first-order valence-corrected chi connectivity index (χ1v) is 8.18. The molecule has 2 rings (SSSR count). The molecular weight excluding hydrogens is 270 g/mol. The van der Waals surface area contributed by atoms with Gasteiger partial charge in [0.25, 0.3) is 0 Å². The van der Waals surface area contributed by atoms with Crippen LogP contribution in [0.2, 0.25) is 0 Å². The van der Waals surface area contributed by atoms with Gasteiger partial charge in [0.15, 0.2) is 5.84 Å². The minimum atomic E-state index is 0.205. The van der Waals surface area contributed by atoms with Gasteiger partial charge < -0.3 is 15.8 Å². The third-order valence-corrected chi connectivity index (χ3v) is 4.81. The molecular formula is C15H23N3OS. The lowest BCUT2D eigenvalue weighted by molar-refractivity contribution is 0.318. The lowest BCUT2D eigenvalue weighted by Crippen LogP contribution is -2.25. The van der Waals surface area contributed by atoms with Crippen LogP contribution in [0.3, 0.4) is 0 Å². The largest absolute Gasteiger partial charge is 0.409 e. The van der Waals surface area contributed by atoms with E-state index in [0.717, 1.165) is 40.9 Å². The van der Waals surface area contributed by atoms with Crippen molar-refractivity contribution in [3.8, 4) is 0 Å². The van der Waals surface area contributed by atoms with E-state index in [1.165, 1.54) is 12.8 Å². The van der Waals surface area contributed by atoms with Crippen LogP contribution in [-0.2, 0) is 0 Å². The Morgan fingerprint density at radius 2 is 2.30 bits per heavy atom. The van der Waals surface area contributed by atoms with E-state index in [2.05, 4.69) is 36.0 Å². The molecule has 3 N–H and O–H groups in total. The van der Waals surface area contributed by atoms with Crippen LogP contribution in [0.15, 0.2) is 28.3 Å². The molecule has 1 fully saturated rings. The predicted molar refractivity (Wildman–Crippen MR) is 86.0 cm³/mol. The second-order valence-corrected chi connectivity index (χ2v) is 6.38. The van der Waals surface area contributed by atoms with E-state index in [1.54, 1.807) is 11.8 Å². The Labute approximate surface area is 125 Å². The van der Waals surface area contributed by atoms with Gasteiger partial charge in [-0.25, -0.2) is 0 Å². The van der Waals surface area contributed by atoms with Crippen LogP contribution in [0.5, 0.6) is 0 Å². The fourth-order valence-corrected chi connectivity index (χ4v) is 3.59. The Kier molecular flexibility index (Phi) is 5.17. The van der Waals surface area contributed by atoms with Gasteiger partial charge in [-0.05, 0) is 30.2 Å². The summed E-state index contributed by atoms with van der Waals surface area (Å²) in [4.78, 5) is 3.45. The average Bonchev–Trinajstić information content (AvgIpc) is 2.95.